The molecule has 0 fully saturated rings. The molecule has 1 aromatic heterocycles. The van der Waals surface area contributed by atoms with Crippen LogP contribution < -0.4 is 14.8 Å². The van der Waals surface area contributed by atoms with Crippen LogP contribution in [0.25, 0.3) is 0 Å². The first-order valence-corrected chi connectivity index (χ1v) is 6.14. The van der Waals surface area contributed by atoms with Crippen LogP contribution in [0.3, 0.4) is 0 Å². The highest BCUT2D eigenvalue weighted by Crippen LogP contribution is 2.29. The summed E-state index contributed by atoms with van der Waals surface area (Å²) in [5.41, 5.74) is -0.282. The number of nitrogens with zero attached hydrogens (tertiary/aromatic N) is 2. The molecule has 2 rings (SSSR count). The Kier molecular flexibility index (Phi) is 4.52. The summed E-state index contributed by atoms with van der Waals surface area (Å²) in [6.45, 7) is 0. The lowest BCUT2D eigenvalue weighted by Crippen LogP contribution is -2.19. The van der Waals surface area contributed by atoms with Gasteiger partial charge in [-0.3, -0.25) is 4.79 Å². The molecule has 0 radical (unpaired) electrons. The molecule has 8 nitrogen and oxygen atoms in total. The fraction of sp³-hybridized carbons (Fsp3) is 0.143. The van der Waals surface area contributed by atoms with Crippen molar-refractivity contribution in [3.8, 4) is 11.5 Å². The second-order valence-electron chi connectivity index (χ2n) is 4.08. The summed E-state index contributed by atoms with van der Waals surface area (Å²) in [6.07, 6.45) is 2.45. The first kappa shape index (κ1) is 15.2. The van der Waals surface area contributed by atoms with Gasteiger partial charge in [0.25, 0.3) is 5.91 Å². The number of ether oxygens (including phenoxy) is 2. The highest BCUT2D eigenvalue weighted by Gasteiger charge is 2.19. The number of aromatic carboxylic acids is 1. The Labute approximate surface area is 125 Å². The summed E-state index contributed by atoms with van der Waals surface area (Å²) in [4.78, 5) is 30.6. The predicted octanol–water partition coefficient (Wildman–Crippen LogP) is 1.44. The molecule has 22 heavy (non-hydrogen) atoms. The predicted molar refractivity (Wildman–Crippen MR) is 76.5 cm³/mol. The summed E-state index contributed by atoms with van der Waals surface area (Å²) in [5, 5.41) is 11.6. The molecule has 0 aliphatic heterocycles. The molecule has 0 aliphatic rings. The molecule has 0 saturated carbocycles. The highest BCUT2D eigenvalue weighted by atomic mass is 16.5. The largest absolute Gasteiger partial charge is 0.493 e. The fourth-order valence-corrected chi connectivity index (χ4v) is 1.76. The number of rotatable bonds is 5. The minimum Gasteiger partial charge on any atom is -0.493 e. The van der Waals surface area contributed by atoms with Crippen LogP contribution in [0.15, 0.2) is 30.6 Å². The average Bonchev–Trinajstić information content (AvgIpc) is 2.54. The van der Waals surface area contributed by atoms with E-state index in [9.17, 15) is 9.59 Å². The molecule has 0 spiro atoms. The zero-order chi connectivity index (χ0) is 16.1. The number of hydrogen-bond acceptors (Lipinski definition) is 6. The van der Waals surface area contributed by atoms with Gasteiger partial charge < -0.3 is 19.9 Å². The van der Waals surface area contributed by atoms with Crippen molar-refractivity contribution in [1.82, 2.24) is 9.97 Å². The van der Waals surface area contributed by atoms with Crippen molar-refractivity contribution in [2.75, 3.05) is 19.5 Å². The normalized spacial score (nSPS) is 9.91. The molecule has 2 aromatic rings. The van der Waals surface area contributed by atoms with Crippen LogP contribution in [0.5, 0.6) is 11.5 Å². The van der Waals surface area contributed by atoms with Crippen LogP contribution in [0.2, 0.25) is 0 Å². The number of aromatic nitrogens is 2. The van der Waals surface area contributed by atoms with Crippen LogP contribution in [0.1, 0.15) is 21.0 Å². The molecule has 0 bridgehead atoms. The molecule has 0 saturated heterocycles. The molecule has 1 aromatic carbocycles. The number of hydrogen-bond donors (Lipinski definition) is 2. The van der Waals surface area contributed by atoms with E-state index in [2.05, 4.69) is 15.3 Å². The zero-order valence-corrected chi connectivity index (χ0v) is 11.9. The van der Waals surface area contributed by atoms with Crippen molar-refractivity contribution < 1.29 is 24.2 Å². The topological polar surface area (TPSA) is 111 Å². The molecule has 0 unspecified atom stereocenters. The van der Waals surface area contributed by atoms with Crippen molar-refractivity contribution in [1.29, 1.82) is 0 Å². The summed E-state index contributed by atoms with van der Waals surface area (Å²) in [7, 11) is 2.96. The van der Waals surface area contributed by atoms with Gasteiger partial charge in [0.1, 0.15) is 0 Å². The van der Waals surface area contributed by atoms with Gasteiger partial charge in [-0.15, -0.1) is 0 Å². The molecule has 1 heterocycles. The molecule has 2 N–H and O–H groups in total. The van der Waals surface area contributed by atoms with Gasteiger partial charge in [-0.2, -0.15) is 0 Å². The Morgan fingerprint density at radius 2 is 1.68 bits per heavy atom. The lowest BCUT2D eigenvalue weighted by atomic mass is 10.2. The third-order valence-electron chi connectivity index (χ3n) is 2.76. The number of carbonyl (C=O) groups excluding carboxylic acids is 1. The van der Waals surface area contributed by atoms with Crippen LogP contribution >= 0.6 is 0 Å². The minimum absolute atomic E-state index is 0.273. The quantitative estimate of drug-likeness (QED) is 0.859. The number of carboxylic acids is 1. The Hall–Kier alpha value is -3.16. The van der Waals surface area contributed by atoms with Gasteiger partial charge in [-0.05, 0) is 12.1 Å². The number of amides is 1. The lowest BCUT2D eigenvalue weighted by Gasteiger charge is -2.10. The van der Waals surface area contributed by atoms with Crippen molar-refractivity contribution in [2.45, 2.75) is 0 Å². The van der Waals surface area contributed by atoms with Crippen LogP contribution in [0, 0.1) is 0 Å². The van der Waals surface area contributed by atoms with Crippen molar-refractivity contribution >= 4 is 17.6 Å². The molecule has 1 amide bonds. The minimum atomic E-state index is -1.33. The van der Waals surface area contributed by atoms with Gasteiger partial charge in [-0.25, -0.2) is 14.8 Å². The number of carboxylic acid groups (broad SMARTS) is 1. The van der Waals surface area contributed by atoms with E-state index in [0.29, 0.717) is 17.2 Å². The fourth-order valence-electron chi connectivity index (χ4n) is 1.76. The number of carbonyl (C=O) groups is 2. The van der Waals surface area contributed by atoms with E-state index < -0.39 is 17.6 Å². The molecule has 0 atom stereocenters. The summed E-state index contributed by atoms with van der Waals surface area (Å²) in [6, 6.07) is 4.76. The van der Waals surface area contributed by atoms with Crippen molar-refractivity contribution in [2.24, 2.45) is 0 Å². The second-order valence-corrected chi connectivity index (χ2v) is 4.08. The van der Waals surface area contributed by atoms with E-state index in [4.69, 9.17) is 14.6 Å². The maximum atomic E-state index is 12.1. The number of anilines is 1. The maximum Gasteiger partial charge on any atom is 0.356 e. The van der Waals surface area contributed by atoms with E-state index in [0.717, 1.165) is 0 Å². The molecule has 8 heteroatoms. The monoisotopic (exact) mass is 303 g/mol. The Morgan fingerprint density at radius 1 is 1.05 bits per heavy atom. The van der Waals surface area contributed by atoms with Gasteiger partial charge >= 0.3 is 5.97 Å². The number of methoxy groups -OCH3 is 2. The van der Waals surface area contributed by atoms with Gasteiger partial charge in [0, 0.05) is 24.1 Å². The highest BCUT2D eigenvalue weighted by molar-refractivity contribution is 6.08. The Morgan fingerprint density at radius 3 is 2.27 bits per heavy atom. The van der Waals surface area contributed by atoms with Gasteiger partial charge in [0.15, 0.2) is 22.9 Å². The van der Waals surface area contributed by atoms with Crippen LogP contribution in [-0.4, -0.2) is 41.2 Å². The first-order valence-electron chi connectivity index (χ1n) is 6.14. The van der Waals surface area contributed by atoms with Gasteiger partial charge in [0.2, 0.25) is 0 Å². The summed E-state index contributed by atoms with van der Waals surface area (Å²) < 4.78 is 10.2. The molecule has 0 aliphatic carbocycles. The maximum absolute atomic E-state index is 12.1. The van der Waals surface area contributed by atoms with Crippen LogP contribution in [0.4, 0.5) is 5.69 Å². The van der Waals surface area contributed by atoms with E-state index in [1.54, 1.807) is 18.2 Å². The third-order valence-corrected chi connectivity index (χ3v) is 2.76. The molecule has 114 valence electrons. The smallest absolute Gasteiger partial charge is 0.356 e. The standard InChI is InChI=1S/C14H13N3O5/c1-21-9-4-3-8(7-10(9)22-2)17-13(18)11-12(14(19)20)16-6-5-15-11/h3-7H,1-2H3,(H,17,18)(H,19,20). The first-order chi connectivity index (χ1) is 10.6. The number of nitrogens with one attached hydrogen (secondary N) is 1. The second kappa shape index (κ2) is 6.53. The van der Waals surface area contributed by atoms with E-state index in [1.165, 1.54) is 26.6 Å². The SMILES string of the molecule is COc1ccc(NC(=O)c2nccnc2C(=O)O)cc1OC. The van der Waals surface area contributed by atoms with Crippen molar-refractivity contribution in [3.05, 3.63) is 42.0 Å². The Balaban J connectivity index is 2.28. The van der Waals surface area contributed by atoms with Crippen LogP contribution in [-0.2, 0) is 0 Å². The van der Waals surface area contributed by atoms with Gasteiger partial charge in [0.05, 0.1) is 14.2 Å². The lowest BCUT2D eigenvalue weighted by molar-refractivity contribution is 0.0685. The molecular formula is C14H13N3O5. The average molecular weight is 303 g/mol. The molecular weight excluding hydrogens is 290 g/mol. The third kappa shape index (κ3) is 3.11. The summed E-state index contributed by atoms with van der Waals surface area (Å²) in [5.74, 6) is -1.08. The summed E-state index contributed by atoms with van der Waals surface area (Å²) >= 11 is 0. The van der Waals surface area contributed by atoms with Gasteiger partial charge in [-0.1, -0.05) is 0 Å². The van der Waals surface area contributed by atoms with Crippen molar-refractivity contribution in [3.63, 3.8) is 0 Å². The zero-order valence-electron chi connectivity index (χ0n) is 11.9. The Bertz CT molecular complexity index is 717. The van der Waals surface area contributed by atoms with E-state index in [-0.39, 0.29) is 5.69 Å². The van der Waals surface area contributed by atoms with E-state index >= 15 is 0 Å². The number of benzene rings is 1. The van der Waals surface area contributed by atoms with E-state index in [1.807, 2.05) is 0 Å².